The molecule has 1 aliphatic rings. The van der Waals surface area contributed by atoms with Gasteiger partial charge in [0.25, 0.3) is 0 Å². The Morgan fingerprint density at radius 2 is 1.76 bits per heavy atom. The summed E-state index contributed by atoms with van der Waals surface area (Å²) in [5.41, 5.74) is 16.7. The summed E-state index contributed by atoms with van der Waals surface area (Å²) in [5, 5.41) is 14.4. The second-order valence-electron chi connectivity index (χ2n) is 8.85. The van der Waals surface area contributed by atoms with E-state index in [0.29, 0.717) is 45.2 Å². The number of carbonyl (C=O) groups excluding carboxylic acids is 4. The van der Waals surface area contributed by atoms with Crippen molar-refractivity contribution in [3.63, 3.8) is 0 Å². The van der Waals surface area contributed by atoms with Crippen LogP contribution in [0, 0.1) is 5.92 Å². The number of carboxylic acids is 1. The van der Waals surface area contributed by atoms with Crippen LogP contribution in [-0.2, 0) is 24.0 Å². The summed E-state index contributed by atoms with van der Waals surface area (Å²) in [4.78, 5) is 63.0. The van der Waals surface area contributed by atoms with Crippen LogP contribution in [0.2, 0.25) is 0 Å². The molecule has 1 heterocycles. The molecule has 0 spiro atoms. The monoisotopic (exact) mass is 484 g/mol. The number of likely N-dealkylation sites (tertiary alicyclic amines) is 1. The number of unbranched alkanes of at least 4 members (excludes halogenated alkanes) is 1. The Labute approximate surface area is 200 Å². The van der Waals surface area contributed by atoms with Gasteiger partial charge in [0.05, 0.1) is 6.04 Å². The fourth-order valence-electron chi connectivity index (χ4n) is 3.84. The third-order valence-electron chi connectivity index (χ3n) is 6.25. The predicted octanol–water partition coefficient (Wildman–Crippen LogP) is -1.20. The molecule has 0 bridgehead atoms. The standard InChI is InChI=1S/C22H40N6O6/c1-3-13(2)18(25)21(32)28-12-6-8-16(28)20(31)26-14(9-10-17(24)29)19(30)27-15(22(33)34)7-4-5-11-23/h13-16,18H,3-12,23,25H2,1-2H3,(H2,24,29)(H,26,31)(H,27,30)(H,33,34). The summed E-state index contributed by atoms with van der Waals surface area (Å²) in [6.07, 6.45) is 2.72. The van der Waals surface area contributed by atoms with E-state index in [9.17, 15) is 29.1 Å². The first-order valence-electron chi connectivity index (χ1n) is 11.9. The van der Waals surface area contributed by atoms with Crippen molar-refractivity contribution in [1.29, 1.82) is 0 Å². The molecule has 0 saturated carbocycles. The molecular weight excluding hydrogens is 444 g/mol. The lowest BCUT2D eigenvalue weighted by molar-refractivity contribution is -0.143. The molecule has 1 rings (SSSR count). The lowest BCUT2D eigenvalue weighted by Crippen LogP contribution is -2.57. The molecule has 34 heavy (non-hydrogen) atoms. The van der Waals surface area contributed by atoms with Crippen LogP contribution in [0.1, 0.15) is 65.2 Å². The quantitative estimate of drug-likeness (QED) is 0.155. The molecular formula is C22H40N6O6. The zero-order valence-electron chi connectivity index (χ0n) is 20.1. The molecule has 0 radical (unpaired) electrons. The van der Waals surface area contributed by atoms with E-state index >= 15 is 0 Å². The van der Waals surface area contributed by atoms with Gasteiger partial charge in [-0.25, -0.2) is 4.79 Å². The van der Waals surface area contributed by atoms with Crippen LogP contribution in [0.3, 0.4) is 0 Å². The Balaban J connectivity index is 2.93. The van der Waals surface area contributed by atoms with Crippen molar-refractivity contribution in [2.75, 3.05) is 13.1 Å². The van der Waals surface area contributed by atoms with Crippen LogP contribution in [0.25, 0.3) is 0 Å². The minimum Gasteiger partial charge on any atom is -0.480 e. The molecule has 0 aliphatic carbocycles. The topological polar surface area (TPSA) is 211 Å². The second-order valence-corrected chi connectivity index (χ2v) is 8.85. The van der Waals surface area contributed by atoms with E-state index in [0.717, 1.165) is 0 Å². The fraction of sp³-hybridized carbons (Fsp3) is 0.773. The molecule has 1 fully saturated rings. The van der Waals surface area contributed by atoms with Crippen molar-refractivity contribution in [2.45, 2.75) is 89.4 Å². The van der Waals surface area contributed by atoms with Crippen LogP contribution < -0.4 is 27.8 Å². The highest BCUT2D eigenvalue weighted by atomic mass is 16.4. The van der Waals surface area contributed by atoms with Gasteiger partial charge in [-0.2, -0.15) is 0 Å². The van der Waals surface area contributed by atoms with E-state index in [1.807, 2.05) is 13.8 Å². The van der Waals surface area contributed by atoms with Gasteiger partial charge in [-0.15, -0.1) is 0 Å². The van der Waals surface area contributed by atoms with E-state index in [1.54, 1.807) is 0 Å². The molecule has 9 N–H and O–H groups in total. The molecule has 0 aromatic rings. The summed E-state index contributed by atoms with van der Waals surface area (Å²) >= 11 is 0. The van der Waals surface area contributed by atoms with Gasteiger partial charge in [-0.1, -0.05) is 20.3 Å². The Bertz CT molecular complexity index is 733. The summed E-state index contributed by atoms with van der Waals surface area (Å²) < 4.78 is 0. The molecule has 1 aliphatic heterocycles. The van der Waals surface area contributed by atoms with Crippen LogP contribution in [0.5, 0.6) is 0 Å². The van der Waals surface area contributed by atoms with E-state index in [-0.39, 0.29) is 31.1 Å². The van der Waals surface area contributed by atoms with Crippen LogP contribution in [0.4, 0.5) is 0 Å². The van der Waals surface area contributed by atoms with Crippen LogP contribution in [0.15, 0.2) is 0 Å². The number of nitrogens with zero attached hydrogens (tertiary/aromatic N) is 1. The number of nitrogens with one attached hydrogen (secondary N) is 2. The zero-order chi connectivity index (χ0) is 25.8. The summed E-state index contributed by atoms with van der Waals surface area (Å²) in [5.74, 6) is -3.54. The van der Waals surface area contributed by atoms with Crippen LogP contribution >= 0.6 is 0 Å². The number of nitrogens with two attached hydrogens (primary N) is 3. The third kappa shape index (κ3) is 8.90. The zero-order valence-corrected chi connectivity index (χ0v) is 20.1. The molecule has 4 amide bonds. The van der Waals surface area contributed by atoms with E-state index in [2.05, 4.69) is 10.6 Å². The minimum absolute atomic E-state index is 0.0573. The molecule has 5 unspecified atom stereocenters. The summed E-state index contributed by atoms with van der Waals surface area (Å²) in [6.45, 7) is 4.56. The van der Waals surface area contributed by atoms with Crippen molar-refractivity contribution in [1.82, 2.24) is 15.5 Å². The first-order chi connectivity index (χ1) is 16.0. The number of carboxylic acid groups (broad SMARTS) is 1. The SMILES string of the molecule is CCC(C)C(N)C(=O)N1CCCC1C(=O)NC(CCC(N)=O)C(=O)NC(CCCCN)C(=O)O. The molecule has 0 aromatic heterocycles. The van der Waals surface area contributed by atoms with E-state index in [1.165, 1.54) is 4.90 Å². The normalized spacial score (nSPS) is 19.1. The Morgan fingerprint density at radius 3 is 2.32 bits per heavy atom. The largest absolute Gasteiger partial charge is 0.480 e. The first kappa shape index (κ1) is 29.3. The number of hydrogen-bond donors (Lipinski definition) is 6. The second kappa shape index (κ2) is 14.5. The Kier molecular flexibility index (Phi) is 12.5. The average molecular weight is 485 g/mol. The first-order valence-corrected chi connectivity index (χ1v) is 11.9. The highest BCUT2D eigenvalue weighted by Crippen LogP contribution is 2.21. The highest BCUT2D eigenvalue weighted by molar-refractivity contribution is 5.94. The van der Waals surface area contributed by atoms with Crippen molar-refractivity contribution in [3.05, 3.63) is 0 Å². The Hall–Kier alpha value is -2.73. The average Bonchev–Trinajstić information content (AvgIpc) is 3.29. The summed E-state index contributed by atoms with van der Waals surface area (Å²) in [7, 11) is 0. The van der Waals surface area contributed by atoms with Crippen molar-refractivity contribution < 1.29 is 29.1 Å². The van der Waals surface area contributed by atoms with E-state index in [4.69, 9.17) is 17.2 Å². The maximum Gasteiger partial charge on any atom is 0.326 e. The van der Waals surface area contributed by atoms with E-state index < -0.39 is 47.9 Å². The molecule has 5 atom stereocenters. The Morgan fingerprint density at radius 1 is 1.09 bits per heavy atom. The van der Waals surface area contributed by atoms with Crippen molar-refractivity contribution in [2.24, 2.45) is 23.1 Å². The minimum atomic E-state index is -1.21. The van der Waals surface area contributed by atoms with Gasteiger partial charge in [-0.3, -0.25) is 19.2 Å². The number of rotatable bonds is 15. The smallest absolute Gasteiger partial charge is 0.326 e. The van der Waals surface area contributed by atoms with Gasteiger partial charge in [0.1, 0.15) is 18.1 Å². The predicted molar refractivity (Wildman–Crippen MR) is 125 cm³/mol. The van der Waals surface area contributed by atoms with Gasteiger partial charge in [0, 0.05) is 13.0 Å². The lowest BCUT2D eigenvalue weighted by atomic mass is 9.98. The number of aliphatic carboxylic acids is 1. The third-order valence-corrected chi connectivity index (χ3v) is 6.25. The van der Waals surface area contributed by atoms with Gasteiger partial charge in [-0.05, 0) is 51.0 Å². The molecule has 1 saturated heterocycles. The fourth-order valence-corrected chi connectivity index (χ4v) is 3.84. The molecule has 12 nitrogen and oxygen atoms in total. The highest BCUT2D eigenvalue weighted by Gasteiger charge is 2.38. The van der Waals surface area contributed by atoms with Crippen molar-refractivity contribution in [3.8, 4) is 0 Å². The summed E-state index contributed by atoms with van der Waals surface area (Å²) in [6, 6.07) is -3.88. The maximum atomic E-state index is 13.0. The lowest BCUT2D eigenvalue weighted by Gasteiger charge is -2.30. The number of carbonyl (C=O) groups is 5. The van der Waals surface area contributed by atoms with Gasteiger partial charge < -0.3 is 37.8 Å². The molecule has 12 heteroatoms. The number of amides is 4. The van der Waals surface area contributed by atoms with Crippen molar-refractivity contribution >= 4 is 29.6 Å². The van der Waals surface area contributed by atoms with Gasteiger partial charge in [0.15, 0.2) is 0 Å². The molecule has 194 valence electrons. The van der Waals surface area contributed by atoms with Gasteiger partial charge in [0.2, 0.25) is 23.6 Å². The number of primary amides is 1. The number of hydrogen-bond acceptors (Lipinski definition) is 7. The van der Waals surface area contributed by atoms with Gasteiger partial charge >= 0.3 is 5.97 Å². The van der Waals surface area contributed by atoms with Crippen LogP contribution in [-0.4, -0.2) is 76.9 Å². The molecule has 0 aromatic carbocycles. The maximum absolute atomic E-state index is 13.0.